The average molecular weight is 1870 g/mol. The number of aromatic nitrogens is 4. The zero-order valence-corrected chi connectivity index (χ0v) is 94.6. The molecule has 12 rings (SSSR count). The molecule has 0 aromatic carbocycles. The van der Waals surface area contributed by atoms with Crippen LogP contribution in [0, 0.1) is 31.6 Å². The van der Waals surface area contributed by atoms with E-state index in [2.05, 4.69) is 223 Å². The van der Waals surface area contributed by atoms with Crippen LogP contribution in [-0.2, 0) is 19.1 Å². The summed E-state index contributed by atoms with van der Waals surface area (Å²) in [6.45, 7) is 62.3. The number of hydrogen-bond acceptors (Lipinski definition) is 20. The van der Waals surface area contributed by atoms with Gasteiger partial charge in [-0.15, -0.1) is 0 Å². The van der Waals surface area contributed by atoms with E-state index in [1.165, 1.54) is 308 Å². The molecule has 3 saturated carbocycles. The smallest absolute Gasteiger partial charge is 0.219 e. The molecule has 0 atom stereocenters. The highest BCUT2D eigenvalue weighted by atomic mass is 16.5. The lowest BCUT2D eigenvalue weighted by Gasteiger charge is -2.24. The number of piperidine rings is 3. The van der Waals surface area contributed by atoms with E-state index in [0.29, 0.717) is 12.8 Å². The molecule has 12 N–H and O–H groups in total. The quantitative estimate of drug-likeness (QED) is 0.0551. The molecule has 2 aromatic rings. The fourth-order valence-corrected chi connectivity index (χ4v) is 11.4. The number of hydrogen-bond donors (Lipinski definition) is 11. The number of piperazine rings is 1. The second-order valence-corrected chi connectivity index (χ2v) is 36.6. The third-order valence-electron chi connectivity index (χ3n) is 21.5. The van der Waals surface area contributed by atoms with Crippen molar-refractivity contribution in [1.82, 2.24) is 97.2 Å². The summed E-state index contributed by atoms with van der Waals surface area (Å²) >= 11 is 0. The Balaban J connectivity index is -0.000000128. The van der Waals surface area contributed by atoms with Crippen LogP contribution >= 0.6 is 0 Å². The highest BCUT2D eigenvalue weighted by Gasteiger charge is 2.12. The Morgan fingerprint density at radius 2 is 0.618 bits per heavy atom. The number of ether oxygens (including phenoxy) is 1. The fraction of sp³-hybridized carbons (Fsp3) is 0.916. The number of aryl methyl sites for hydroxylation is 2. The number of unbranched alkanes of at least 4 members (excludes halogenated alkanes) is 8. The van der Waals surface area contributed by atoms with Crippen LogP contribution in [0.3, 0.4) is 0 Å². The van der Waals surface area contributed by atoms with Crippen molar-refractivity contribution in [2.24, 2.45) is 23.5 Å². The maximum absolute atomic E-state index is 10.3. The predicted molar refractivity (Wildman–Crippen MR) is 587 cm³/mol. The first-order chi connectivity index (χ1) is 62.9. The number of primary amides is 1. The van der Waals surface area contributed by atoms with Crippen molar-refractivity contribution >= 4 is 17.6 Å². The van der Waals surface area contributed by atoms with E-state index >= 15 is 0 Å². The van der Waals surface area contributed by atoms with Crippen LogP contribution in [0.25, 0.3) is 0 Å². The van der Waals surface area contributed by atoms with Gasteiger partial charge >= 0.3 is 0 Å². The summed E-state index contributed by atoms with van der Waals surface area (Å²) in [6.07, 6.45) is 60.2. The van der Waals surface area contributed by atoms with Gasteiger partial charge in [0.25, 0.3) is 0 Å². The Kier molecular flexibility index (Phi) is 157. The molecule has 10 fully saturated rings. The van der Waals surface area contributed by atoms with Crippen molar-refractivity contribution in [3.63, 3.8) is 0 Å². The Labute approximate surface area is 820 Å². The molecule has 0 radical (unpaired) electrons. The Morgan fingerprint density at radius 1 is 0.359 bits per heavy atom. The van der Waals surface area contributed by atoms with Crippen molar-refractivity contribution in [3.05, 3.63) is 35.9 Å². The van der Waals surface area contributed by atoms with Crippen LogP contribution in [-0.4, -0.2) is 329 Å². The number of nitrogens with zero attached hydrogens (tertiary/aromatic N) is 9. The van der Waals surface area contributed by atoms with Gasteiger partial charge in [0, 0.05) is 78.0 Å². The molecule has 0 spiro atoms. The number of H-pyrrole nitrogens is 2. The van der Waals surface area contributed by atoms with E-state index in [1.54, 1.807) is 26.4 Å². The molecule has 24 heteroatoms. The van der Waals surface area contributed by atoms with Gasteiger partial charge in [-0.2, -0.15) is 10.2 Å². The van der Waals surface area contributed by atoms with Crippen molar-refractivity contribution in [1.29, 1.82) is 0 Å². The summed E-state index contributed by atoms with van der Waals surface area (Å²) in [6, 6.07) is 0. The maximum atomic E-state index is 10.3. The fourth-order valence-electron chi connectivity index (χ4n) is 11.4. The molecule has 2 aromatic heterocycles. The summed E-state index contributed by atoms with van der Waals surface area (Å²) in [7, 11) is 32.1. The molecule has 24 nitrogen and oxygen atoms in total. The molecule has 0 unspecified atom stereocenters. The monoisotopic (exact) mass is 1870 g/mol. The lowest BCUT2D eigenvalue weighted by molar-refractivity contribution is -0.120. The Hall–Kier alpha value is -3.57. The largest absolute Gasteiger partial charge is 0.379 e. The van der Waals surface area contributed by atoms with Crippen molar-refractivity contribution < 1.29 is 19.1 Å². The third-order valence-corrected chi connectivity index (χ3v) is 21.5. The zero-order chi connectivity index (χ0) is 102. The van der Waals surface area contributed by atoms with Crippen molar-refractivity contribution in [3.8, 4) is 0 Å². The number of rotatable bonds is 20. The number of likely N-dealkylation sites (N-methyl/N-ethyl adjacent to an activating group) is 2. The lowest BCUT2D eigenvalue weighted by Crippen LogP contribution is -2.40. The Bertz CT molecular complexity index is 1900. The SMILES string of the molecule is CC1CCC1.CC1CCC1.CC1CCCCC1.CCCC(=O)NC.CCCC(C)=O.CCCC(N)=O.CCCCCC.CCCCCC.CCCCNC.CCCCNC.CCNC.CCNC.CN1CCC1.CN1CCC1.CN1CCCCC1.CN1CCCCC1.CN1CCCCC1.CN1CCNCC1.CN1CCOCC1.CNC.CNC.Cc1cn[nH]c1.Cc1cn[nH]c1. The number of Topliss-reactive ketones (excluding diaryl/α,β-unsaturated/α-hetero) is 1. The molecule has 131 heavy (non-hydrogen) atoms. The Morgan fingerprint density at radius 3 is 0.710 bits per heavy atom. The molecular weight excluding hydrogens is 1630 g/mol. The van der Waals surface area contributed by atoms with Gasteiger partial charge in [0.1, 0.15) is 5.78 Å². The summed E-state index contributed by atoms with van der Waals surface area (Å²) < 4.78 is 5.10. The van der Waals surface area contributed by atoms with Gasteiger partial charge in [-0.05, 0) is 330 Å². The molecule has 3 aliphatic carbocycles. The van der Waals surface area contributed by atoms with Crippen LogP contribution < -0.4 is 48.3 Å². The van der Waals surface area contributed by atoms with Gasteiger partial charge in [-0.3, -0.25) is 19.8 Å². The number of amides is 2. The van der Waals surface area contributed by atoms with E-state index in [0.717, 1.165) is 109 Å². The molecule has 7 aliphatic heterocycles. The summed E-state index contributed by atoms with van der Waals surface area (Å²) in [5.74, 6) is 3.37. The second-order valence-electron chi connectivity index (χ2n) is 36.6. The van der Waals surface area contributed by atoms with Gasteiger partial charge in [-0.25, -0.2) is 0 Å². The summed E-state index contributed by atoms with van der Waals surface area (Å²) in [4.78, 5) is 46.6. The van der Waals surface area contributed by atoms with E-state index < -0.39 is 0 Å². The number of aromatic amines is 2. The molecule has 0 bridgehead atoms. The van der Waals surface area contributed by atoms with Gasteiger partial charge in [0.2, 0.25) is 11.8 Å². The van der Waals surface area contributed by atoms with Gasteiger partial charge < -0.3 is 92.1 Å². The molecule has 9 heterocycles. The molecule has 10 aliphatic rings. The third kappa shape index (κ3) is 170. The molecule has 7 saturated heterocycles. The first kappa shape index (κ1) is 150. The van der Waals surface area contributed by atoms with Gasteiger partial charge in [0.15, 0.2) is 0 Å². The first-order valence-corrected chi connectivity index (χ1v) is 53.6. The van der Waals surface area contributed by atoms with E-state index in [1.807, 2.05) is 103 Å². The number of ketones is 1. The van der Waals surface area contributed by atoms with E-state index in [9.17, 15) is 14.4 Å². The normalized spacial score (nSPS) is 16.4. The number of carbonyl (C=O) groups excluding carboxylic acids is 3. The standard InChI is InChI=1S/C7H14.3C6H13N.2C6H14.C5H12N2.2C5H11NO.2C5H13N.C5H10O.2C5H10.2C4H6N2.C4H9NO.2C4H9N.2C3H9N.2C2H7N/c4*1-7-5-3-2-4-6-7;2*1-3-5-6-4-2;1-7-4-2-6-3-5-7;1-6-2-4-7-5-3-6;1-3-4-5(7)6-2;2*1-3-4-5-6-2;1-3-4-5(2)6;2*1-5-3-2-4-5;2*1-4-2-5-6-3-4;1-2-3-4(5)6;2*1-5-3-2-4-5;2*1-3-4-2;2*1-3-2/h7H,2-6H2,1H3;3*2-6H2,1H3;2*3-6H2,1-2H3;6H,2-5H2,1H3;2-5H2,1H3;3-4H2,1-2H3,(H,6,7);2*6H,3-5H2,1-2H3;3-4H2,1-2H3;2*5H,2-4H2,1H3;2*2-3H,1H3,(H,5,6);2-3H2,1H3,(H2,5,6);2*2-4H2,1H3;2*4H,3H2,1-2H3;2*3H,1-2H3. The minimum atomic E-state index is -0.211. The highest BCUT2D eigenvalue weighted by Crippen LogP contribution is 2.25. The lowest BCUT2D eigenvalue weighted by atomic mass is 9.88. The van der Waals surface area contributed by atoms with Crippen LogP contribution in [0.5, 0.6) is 0 Å². The average Bonchev–Trinajstić information content (AvgIpc) is 1.76. The summed E-state index contributed by atoms with van der Waals surface area (Å²) in [5, 5.41) is 36.1. The van der Waals surface area contributed by atoms with E-state index in [4.69, 9.17) is 10.5 Å². The highest BCUT2D eigenvalue weighted by molar-refractivity contribution is 5.75. The number of nitrogens with one attached hydrogen (secondary N) is 10. The number of carbonyl (C=O) groups is 3. The zero-order valence-electron chi connectivity index (χ0n) is 94.6. The van der Waals surface area contributed by atoms with E-state index in [-0.39, 0.29) is 17.6 Å². The van der Waals surface area contributed by atoms with Gasteiger partial charge in [-0.1, -0.05) is 251 Å². The number of nitrogens with two attached hydrogens (primary N) is 1. The molecular formula is C107H242N20O4. The van der Waals surface area contributed by atoms with Crippen LogP contribution in [0.15, 0.2) is 24.8 Å². The topological polar surface area (TPSA) is 263 Å². The second kappa shape index (κ2) is 137. The molecule has 794 valence electrons. The minimum Gasteiger partial charge on any atom is -0.379 e. The minimum absolute atomic E-state index is 0.127. The predicted octanol–water partition coefficient (Wildman–Crippen LogP) is 20.5. The number of likely N-dealkylation sites (tertiary alicyclic amines) is 5. The van der Waals surface area contributed by atoms with Crippen LogP contribution in [0.1, 0.15) is 372 Å². The van der Waals surface area contributed by atoms with Crippen LogP contribution in [0.4, 0.5) is 0 Å². The maximum Gasteiger partial charge on any atom is 0.219 e. The first-order valence-electron chi connectivity index (χ1n) is 53.6. The van der Waals surface area contributed by atoms with Crippen LogP contribution in [0.2, 0.25) is 0 Å². The summed E-state index contributed by atoms with van der Waals surface area (Å²) in [5.41, 5.74) is 7.12. The van der Waals surface area contributed by atoms with Gasteiger partial charge in [0.05, 0.1) is 25.6 Å². The number of morpholine rings is 1. The van der Waals surface area contributed by atoms with Crippen molar-refractivity contribution in [2.45, 2.75) is 375 Å². The van der Waals surface area contributed by atoms with Crippen molar-refractivity contribution in [2.75, 3.05) is 257 Å². The molecule has 2 amide bonds.